The largest absolute Gasteiger partial charge is 0.534 e. The van der Waals surface area contributed by atoms with E-state index >= 15 is 0 Å². The minimum absolute atomic E-state index is 0.107. The second-order valence-electron chi connectivity index (χ2n) is 10.2. The normalized spacial score (nSPS) is 18.4. The summed E-state index contributed by atoms with van der Waals surface area (Å²) >= 11 is 0. The predicted octanol–water partition coefficient (Wildman–Crippen LogP) is 6.01. The van der Waals surface area contributed by atoms with E-state index in [1.807, 2.05) is 95.9 Å². The highest BCUT2D eigenvalue weighted by molar-refractivity contribution is 7.87. The summed E-state index contributed by atoms with van der Waals surface area (Å²) in [6, 6.07) is 31.8. The molecular weight excluding hydrogens is 584 g/mol. The van der Waals surface area contributed by atoms with Crippen LogP contribution in [0, 0.1) is 5.82 Å². The molecule has 2 heterocycles. The Bertz CT molecular complexity index is 1700. The van der Waals surface area contributed by atoms with Gasteiger partial charge in [0.15, 0.2) is 5.76 Å². The van der Waals surface area contributed by atoms with E-state index in [2.05, 4.69) is 4.18 Å². The van der Waals surface area contributed by atoms with Gasteiger partial charge in [0, 0.05) is 6.54 Å². The number of nitrogens with zero attached hydrogens (tertiary/aromatic N) is 2. The number of halogens is 4. The van der Waals surface area contributed by atoms with Crippen molar-refractivity contribution in [3.63, 3.8) is 0 Å². The van der Waals surface area contributed by atoms with Crippen molar-refractivity contribution in [2.24, 2.45) is 0 Å². The summed E-state index contributed by atoms with van der Waals surface area (Å²) in [5, 5.41) is 0. The topological polar surface area (TPSA) is 66.7 Å². The van der Waals surface area contributed by atoms with Crippen molar-refractivity contribution >= 4 is 21.8 Å². The zero-order valence-corrected chi connectivity index (χ0v) is 23.2. The molecule has 1 saturated heterocycles. The average molecular weight is 609 g/mol. The van der Waals surface area contributed by atoms with Gasteiger partial charge in [-0.05, 0) is 28.3 Å². The van der Waals surface area contributed by atoms with Crippen LogP contribution in [-0.2, 0) is 31.2 Å². The van der Waals surface area contributed by atoms with Gasteiger partial charge in [-0.1, -0.05) is 103 Å². The van der Waals surface area contributed by atoms with Crippen LogP contribution >= 0.6 is 0 Å². The standard InChI is InChI=1S/C32H24F4N2O4S/c33-26-18-10-11-22-19-37(21-28(29(22)26)42-43(40,41)32(34,35)36)30(39)27-20-38(27)31(23-12-4-1-5-13-23,24-14-6-2-7-15-24)25-16-8-3-9-17-25/h1-18,21,27H,19-20H2/t27?,38-/m0/s1. The second-order valence-corrected chi connectivity index (χ2v) is 11.7. The van der Waals surface area contributed by atoms with Gasteiger partial charge in [-0.3, -0.25) is 9.69 Å². The third-order valence-corrected chi connectivity index (χ3v) is 8.59. The van der Waals surface area contributed by atoms with Crippen molar-refractivity contribution < 1.29 is 35.0 Å². The average Bonchev–Trinajstić information content (AvgIpc) is 3.79. The third-order valence-electron chi connectivity index (χ3n) is 7.63. The lowest BCUT2D eigenvalue weighted by Crippen LogP contribution is -2.42. The molecule has 0 saturated carbocycles. The molecule has 2 atom stereocenters. The van der Waals surface area contributed by atoms with Crippen molar-refractivity contribution in [2.45, 2.75) is 23.6 Å². The van der Waals surface area contributed by atoms with Crippen molar-refractivity contribution in [3.8, 4) is 0 Å². The third kappa shape index (κ3) is 4.98. The fourth-order valence-electron chi connectivity index (χ4n) is 5.73. The number of alkyl halides is 3. The Morgan fingerprint density at radius 2 is 1.28 bits per heavy atom. The van der Waals surface area contributed by atoms with Crippen LogP contribution in [0.2, 0.25) is 0 Å². The number of benzene rings is 4. The Kier molecular flexibility index (Phi) is 7.10. The summed E-state index contributed by atoms with van der Waals surface area (Å²) in [4.78, 5) is 17.1. The molecule has 43 heavy (non-hydrogen) atoms. The first kappa shape index (κ1) is 28.6. The van der Waals surface area contributed by atoms with Gasteiger partial charge in [-0.15, -0.1) is 0 Å². The van der Waals surface area contributed by atoms with Crippen molar-refractivity contribution in [1.82, 2.24) is 9.80 Å². The molecule has 0 aromatic heterocycles. The molecule has 1 unspecified atom stereocenters. The molecule has 1 amide bonds. The molecule has 6 nitrogen and oxygen atoms in total. The zero-order valence-electron chi connectivity index (χ0n) is 22.4. The number of fused-ring (bicyclic) bond motifs is 1. The number of rotatable bonds is 7. The highest BCUT2D eigenvalue weighted by Gasteiger charge is 2.57. The molecule has 220 valence electrons. The number of amides is 1. The van der Waals surface area contributed by atoms with Gasteiger partial charge in [0.1, 0.15) is 11.9 Å². The van der Waals surface area contributed by atoms with E-state index in [4.69, 9.17) is 0 Å². The van der Waals surface area contributed by atoms with Crippen LogP contribution in [0.5, 0.6) is 0 Å². The molecule has 11 heteroatoms. The Morgan fingerprint density at radius 1 is 0.767 bits per heavy atom. The van der Waals surface area contributed by atoms with Crippen LogP contribution in [0.4, 0.5) is 17.6 Å². The Labute approximate surface area is 245 Å². The lowest BCUT2D eigenvalue weighted by molar-refractivity contribution is -0.129. The molecule has 4 aromatic carbocycles. The van der Waals surface area contributed by atoms with Crippen LogP contribution in [0.3, 0.4) is 0 Å². The fourth-order valence-corrected chi connectivity index (χ4v) is 6.19. The summed E-state index contributed by atoms with van der Waals surface area (Å²) in [7, 11) is -6.14. The summed E-state index contributed by atoms with van der Waals surface area (Å²) < 4.78 is 82.6. The summed E-state index contributed by atoms with van der Waals surface area (Å²) in [6.07, 6.45) is 0.836. The predicted molar refractivity (Wildman–Crippen MR) is 151 cm³/mol. The van der Waals surface area contributed by atoms with Crippen LogP contribution < -0.4 is 0 Å². The van der Waals surface area contributed by atoms with Crippen LogP contribution in [0.1, 0.15) is 27.8 Å². The molecule has 4 aromatic rings. The molecule has 6 rings (SSSR count). The first-order valence-electron chi connectivity index (χ1n) is 13.3. The van der Waals surface area contributed by atoms with Gasteiger partial charge in [0.25, 0.3) is 0 Å². The maximum Gasteiger partial charge on any atom is 0.534 e. The molecule has 0 aliphatic carbocycles. The Balaban J connectivity index is 1.43. The molecule has 0 bridgehead atoms. The van der Waals surface area contributed by atoms with Crippen LogP contribution in [0.25, 0.3) is 5.76 Å². The first-order valence-corrected chi connectivity index (χ1v) is 14.7. The SMILES string of the molecule is O=C(C1C[N@]1C(c1ccccc1)(c1ccccc1)c1ccccc1)N1C=C(OS(=O)(=O)C(F)(F)F)c2c(F)cccc2C1. The Morgan fingerprint density at radius 3 is 1.77 bits per heavy atom. The highest BCUT2D eigenvalue weighted by Crippen LogP contribution is 2.49. The molecule has 0 spiro atoms. The van der Waals surface area contributed by atoms with E-state index in [-0.39, 0.29) is 18.7 Å². The van der Waals surface area contributed by atoms with E-state index in [0.717, 1.165) is 33.9 Å². The molecule has 1 fully saturated rings. The summed E-state index contributed by atoms with van der Waals surface area (Å²) in [6.45, 7) is 0.0963. The van der Waals surface area contributed by atoms with Gasteiger partial charge in [0.2, 0.25) is 5.91 Å². The van der Waals surface area contributed by atoms with E-state index < -0.39 is 50.3 Å². The lowest BCUT2D eigenvalue weighted by atomic mass is 9.76. The highest BCUT2D eigenvalue weighted by atomic mass is 32.2. The van der Waals surface area contributed by atoms with Gasteiger partial charge >= 0.3 is 15.6 Å². The number of hydrogen-bond acceptors (Lipinski definition) is 5. The smallest absolute Gasteiger partial charge is 0.374 e. The summed E-state index contributed by atoms with van der Waals surface area (Å²) in [5.74, 6) is -2.40. The van der Waals surface area contributed by atoms with E-state index in [9.17, 15) is 30.8 Å². The van der Waals surface area contributed by atoms with Crippen LogP contribution in [-0.4, -0.2) is 42.2 Å². The number of carbonyl (C=O) groups is 1. The maximum atomic E-state index is 14.8. The van der Waals surface area contributed by atoms with Crippen LogP contribution in [0.15, 0.2) is 115 Å². The van der Waals surface area contributed by atoms with E-state index in [1.54, 1.807) is 0 Å². The molecule has 2 aliphatic rings. The minimum atomic E-state index is -6.14. The zero-order chi connectivity index (χ0) is 30.4. The van der Waals surface area contributed by atoms with Crippen molar-refractivity contribution in [3.05, 3.63) is 149 Å². The van der Waals surface area contributed by atoms with Crippen molar-refractivity contribution in [1.29, 1.82) is 0 Å². The second kappa shape index (κ2) is 10.7. The van der Waals surface area contributed by atoms with Gasteiger partial charge in [-0.25, -0.2) is 4.39 Å². The van der Waals surface area contributed by atoms with Gasteiger partial charge in [0.05, 0.1) is 23.8 Å². The van der Waals surface area contributed by atoms with Crippen molar-refractivity contribution in [2.75, 3.05) is 6.54 Å². The Hall–Kier alpha value is -4.48. The summed E-state index contributed by atoms with van der Waals surface area (Å²) in [5.41, 5.74) is -4.32. The number of hydrogen-bond donors (Lipinski definition) is 0. The van der Waals surface area contributed by atoms with Gasteiger partial charge < -0.3 is 9.08 Å². The maximum absolute atomic E-state index is 14.8. The van der Waals surface area contributed by atoms with E-state index in [0.29, 0.717) is 0 Å². The lowest BCUT2D eigenvalue weighted by Gasteiger charge is -2.38. The van der Waals surface area contributed by atoms with Gasteiger partial charge in [-0.2, -0.15) is 21.6 Å². The first-order chi connectivity index (χ1) is 20.5. The molecule has 2 aliphatic heterocycles. The molecule has 0 radical (unpaired) electrons. The van der Waals surface area contributed by atoms with E-state index in [1.165, 1.54) is 12.1 Å². The molecular formula is C32H24F4N2O4S. The minimum Gasteiger partial charge on any atom is -0.374 e. The number of carbonyl (C=O) groups excluding carboxylic acids is 1. The monoisotopic (exact) mass is 608 g/mol. The fraction of sp³-hybridized carbons (Fsp3) is 0.156. The molecule has 0 N–H and O–H groups in total. The quantitative estimate of drug-likeness (QED) is 0.0846.